The lowest BCUT2D eigenvalue weighted by atomic mass is 10.1. The van der Waals surface area contributed by atoms with E-state index >= 15 is 0 Å². The highest BCUT2D eigenvalue weighted by atomic mass is 16.7. The molecule has 0 aliphatic carbocycles. The molecule has 1 aromatic heterocycles. The highest BCUT2D eigenvalue weighted by Crippen LogP contribution is 2.27. The molecule has 20 heavy (non-hydrogen) atoms. The highest BCUT2D eigenvalue weighted by Gasteiger charge is 2.32. The third-order valence-electron chi connectivity index (χ3n) is 3.42. The van der Waals surface area contributed by atoms with Gasteiger partial charge < -0.3 is 18.6 Å². The Morgan fingerprint density at radius 3 is 2.75 bits per heavy atom. The normalized spacial score (nSPS) is 17.5. The summed E-state index contributed by atoms with van der Waals surface area (Å²) in [6, 6.07) is 7.27. The van der Waals surface area contributed by atoms with E-state index in [1.165, 1.54) is 7.11 Å². The van der Waals surface area contributed by atoms with E-state index in [1.807, 2.05) is 25.1 Å². The first-order chi connectivity index (χ1) is 9.61. The topological polar surface area (TPSA) is 57.9 Å². The lowest BCUT2D eigenvalue weighted by molar-refractivity contribution is -0.143. The van der Waals surface area contributed by atoms with E-state index < -0.39 is 11.4 Å². The monoisotopic (exact) mass is 276 g/mol. The summed E-state index contributed by atoms with van der Waals surface area (Å²) in [5.41, 5.74) is -0.406. The summed E-state index contributed by atoms with van der Waals surface area (Å²) in [7, 11) is 1.53. The number of hydrogen-bond donors (Lipinski definition) is 0. The molecule has 0 atom stereocenters. The fourth-order valence-corrected chi connectivity index (χ4v) is 2.49. The molecular formula is C15H16O5. The Bertz CT molecular complexity index is 682. The van der Waals surface area contributed by atoms with Crippen LogP contribution in [0.2, 0.25) is 0 Å². The molecule has 5 heteroatoms. The fraction of sp³-hybridized carbons (Fsp3) is 0.400. The minimum absolute atomic E-state index is 0.398. The van der Waals surface area contributed by atoms with Crippen LogP contribution < -0.4 is 10.4 Å². The van der Waals surface area contributed by atoms with Crippen molar-refractivity contribution in [1.29, 1.82) is 0 Å². The van der Waals surface area contributed by atoms with Crippen LogP contribution in [0.1, 0.15) is 12.7 Å². The van der Waals surface area contributed by atoms with Crippen LogP contribution in [0.15, 0.2) is 33.5 Å². The van der Waals surface area contributed by atoms with Gasteiger partial charge in [0.05, 0.1) is 26.7 Å². The first-order valence-electron chi connectivity index (χ1n) is 6.49. The van der Waals surface area contributed by atoms with Gasteiger partial charge in [-0.2, -0.15) is 0 Å². The Morgan fingerprint density at radius 1 is 1.30 bits per heavy atom. The second kappa shape index (κ2) is 4.92. The Kier molecular flexibility index (Phi) is 3.23. The first kappa shape index (κ1) is 13.1. The number of methoxy groups -OCH3 is 1. The van der Waals surface area contributed by atoms with Crippen molar-refractivity contribution in [3.63, 3.8) is 0 Å². The van der Waals surface area contributed by atoms with Gasteiger partial charge in [0.25, 0.3) is 0 Å². The molecule has 1 aromatic carbocycles. The first-order valence-corrected chi connectivity index (χ1v) is 6.49. The van der Waals surface area contributed by atoms with Crippen LogP contribution >= 0.6 is 0 Å². The van der Waals surface area contributed by atoms with Gasteiger partial charge in [0.2, 0.25) is 0 Å². The molecule has 106 valence electrons. The highest BCUT2D eigenvalue weighted by molar-refractivity contribution is 5.87. The lowest BCUT2D eigenvalue weighted by Crippen LogP contribution is -2.28. The summed E-state index contributed by atoms with van der Waals surface area (Å²) < 4.78 is 21.6. The molecule has 2 heterocycles. The van der Waals surface area contributed by atoms with Crippen LogP contribution in [0.25, 0.3) is 10.8 Å². The van der Waals surface area contributed by atoms with E-state index in [4.69, 9.17) is 18.6 Å². The second-order valence-electron chi connectivity index (χ2n) is 4.93. The summed E-state index contributed by atoms with van der Waals surface area (Å²) in [6.07, 6.45) is 0.398. The van der Waals surface area contributed by atoms with E-state index in [9.17, 15) is 4.79 Å². The summed E-state index contributed by atoms with van der Waals surface area (Å²) in [5.74, 6) is 0.338. The van der Waals surface area contributed by atoms with Gasteiger partial charge in [-0.25, -0.2) is 4.79 Å². The average Bonchev–Trinajstić information content (AvgIpc) is 2.84. The van der Waals surface area contributed by atoms with E-state index in [1.54, 1.807) is 6.07 Å². The van der Waals surface area contributed by atoms with Gasteiger partial charge in [-0.1, -0.05) is 12.1 Å². The number of fused-ring (bicyclic) bond motifs is 1. The third-order valence-corrected chi connectivity index (χ3v) is 3.42. The molecule has 0 unspecified atom stereocenters. The minimum atomic E-state index is -0.720. The van der Waals surface area contributed by atoms with Crippen molar-refractivity contribution in [2.24, 2.45) is 0 Å². The maximum atomic E-state index is 12.1. The van der Waals surface area contributed by atoms with Crippen LogP contribution in [0, 0.1) is 0 Å². The van der Waals surface area contributed by atoms with Crippen molar-refractivity contribution in [3.05, 3.63) is 40.4 Å². The smallest absolute Gasteiger partial charge is 0.347 e. The minimum Gasteiger partial charge on any atom is -0.496 e. The van der Waals surface area contributed by atoms with Crippen LogP contribution in [0.3, 0.4) is 0 Å². The van der Waals surface area contributed by atoms with Gasteiger partial charge in [0, 0.05) is 0 Å². The molecule has 0 amide bonds. The van der Waals surface area contributed by atoms with Crippen molar-refractivity contribution in [1.82, 2.24) is 0 Å². The van der Waals surface area contributed by atoms with Gasteiger partial charge >= 0.3 is 5.63 Å². The Balaban J connectivity index is 2.04. The zero-order valence-corrected chi connectivity index (χ0v) is 11.5. The maximum Gasteiger partial charge on any atom is 0.347 e. The van der Waals surface area contributed by atoms with E-state index in [0.717, 1.165) is 5.39 Å². The van der Waals surface area contributed by atoms with Crippen molar-refractivity contribution in [3.8, 4) is 5.75 Å². The van der Waals surface area contributed by atoms with Crippen LogP contribution in [-0.2, 0) is 15.9 Å². The van der Waals surface area contributed by atoms with Crippen molar-refractivity contribution in [2.75, 3.05) is 20.3 Å². The second-order valence-corrected chi connectivity index (χ2v) is 4.93. The van der Waals surface area contributed by atoms with E-state index in [2.05, 4.69) is 0 Å². The molecule has 0 bridgehead atoms. The summed E-state index contributed by atoms with van der Waals surface area (Å²) in [6.45, 7) is 2.96. The molecule has 0 radical (unpaired) electrons. The molecule has 1 aliphatic rings. The molecule has 5 nitrogen and oxygen atoms in total. The Hall–Kier alpha value is -1.85. The van der Waals surface area contributed by atoms with Crippen LogP contribution in [0.4, 0.5) is 0 Å². The molecule has 3 rings (SSSR count). The van der Waals surface area contributed by atoms with Gasteiger partial charge in [-0.05, 0) is 24.4 Å². The Morgan fingerprint density at radius 2 is 2.05 bits per heavy atom. The van der Waals surface area contributed by atoms with Crippen LogP contribution in [0.5, 0.6) is 5.75 Å². The fourth-order valence-electron chi connectivity index (χ4n) is 2.49. The number of ether oxygens (including phenoxy) is 3. The molecule has 1 saturated heterocycles. The summed E-state index contributed by atoms with van der Waals surface area (Å²) in [4.78, 5) is 12.1. The molecule has 1 fully saturated rings. The van der Waals surface area contributed by atoms with Gasteiger partial charge in [-0.3, -0.25) is 0 Å². The zero-order valence-electron chi connectivity index (χ0n) is 11.5. The molecule has 0 N–H and O–H groups in total. The van der Waals surface area contributed by atoms with E-state index in [0.29, 0.717) is 36.5 Å². The predicted molar refractivity (Wildman–Crippen MR) is 73.0 cm³/mol. The average molecular weight is 276 g/mol. The molecule has 0 saturated carbocycles. The number of hydrogen-bond acceptors (Lipinski definition) is 5. The van der Waals surface area contributed by atoms with E-state index in [-0.39, 0.29) is 0 Å². The standard InChI is InChI=1S/C15H16O5/c1-15(18-6-7-19-15)9-11-8-10-4-3-5-12(17-2)13(10)14(16)20-11/h3-5,8H,6-7,9H2,1-2H3. The number of rotatable bonds is 3. The van der Waals surface area contributed by atoms with Gasteiger partial charge in [-0.15, -0.1) is 0 Å². The van der Waals surface area contributed by atoms with Crippen LogP contribution in [-0.4, -0.2) is 26.1 Å². The van der Waals surface area contributed by atoms with Crippen molar-refractivity contribution in [2.45, 2.75) is 19.1 Å². The quantitative estimate of drug-likeness (QED) is 0.859. The van der Waals surface area contributed by atoms with Gasteiger partial charge in [0.1, 0.15) is 16.9 Å². The third kappa shape index (κ3) is 2.30. The molecule has 2 aromatic rings. The van der Waals surface area contributed by atoms with Crippen molar-refractivity contribution >= 4 is 10.8 Å². The number of benzene rings is 1. The summed E-state index contributed by atoms with van der Waals surface area (Å²) >= 11 is 0. The molecule has 1 aliphatic heterocycles. The molecular weight excluding hydrogens is 260 g/mol. The Labute approximate surface area is 116 Å². The lowest BCUT2D eigenvalue weighted by Gasteiger charge is -2.21. The molecule has 0 spiro atoms. The zero-order chi connectivity index (χ0) is 14.2. The summed E-state index contributed by atoms with van der Waals surface area (Å²) in [5, 5.41) is 1.24. The largest absolute Gasteiger partial charge is 0.496 e. The SMILES string of the molecule is COc1cccc2cc(CC3(C)OCCO3)oc(=O)c12. The van der Waals surface area contributed by atoms with Crippen molar-refractivity contribution < 1.29 is 18.6 Å². The predicted octanol–water partition coefficient (Wildman–Crippen LogP) is 2.11. The maximum absolute atomic E-state index is 12.1. The van der Waals surface area contributed by atoms with Gasteiger partial charge in [0.15, 0.2) is 5.79 Å².